The summed E-state index contributed by atoms with van der Waals surface area (Å²) >= 11 is 4.43. The quantitative estimate of drug-likeness (QED) is 0.509. The highest BCUT2D eigenvalue weighted by atomic mass is 79.9. The molecule has 1 N–H and O–H groups in total. The van der Waals surface area contributed by atoms with Crippen LogP contribution in [-0.4, -0.2) is 23.2 Å². The fourth-order valence-corrected chi connectivity index (χ4v) is 4.51. The second-order valence-corrected chi connectivity index (χ2v) is 7.82. The molecule has 0 amide bonds. The Labute approximate surface area is 149 Å². The zero-order valence-corrected chi connectivity index (χ0v) is 15.4. The van der Waals surface area contributed by atoms with Gasteiger partial charge in [-0.15, -0.1) is 0 Å². The molecule has 0 saturated heterocycles. The third-order valence-corrected chi connectivity index (χ3v) is 5.95. The molecule has 0 fully saturated rings. The van der Waals surface area contributed by atoms with E-state index in [0.717, 1.165) is 22.8 Å². The van der Waals surface area contributed by atoms with E-state index in [9.17, 15) is 13.2 Å². The Balaban J connectivity index is 2.00. The zero-order valence-electron chi connectivity index (χ0n) is 12.1. The summed E-state index contributed by atoms with van der Waals surface area (Å²) in [5.74, 6) is 0. The van der Waals surface area contributed by atoms with Crippen molar-refractivity contribution in [2.75, 3.05) is 4.72 Å². The second-order valence-electron chi connectivity index (χ2n) is 4.82. The van der Waals surface area contributed by atoms with E-state index in [1.54, 1.807) is 6.07 Å². The molecule has 0 radical (unpaired) electrons. The third kappa shape index (κ3) is 3.09. The molecule has 0 bridgehead atoms. The first-order chi connectivity index (χ1) is 11.4. The van der Waals surface area contributed by atoms with Crippen LogP contribution in [0.25, 0.3) is 11.0 Å². The molecule has 10 heteroatoms. The zero-order chi connectivity index (χ0) is 17.3. The summed E-state index contributed by atoms with van der Waals surface area (Å²) in [7, 11) is -3.80. The van der Waals surface area contributed by atoms with Crippen molar-refractivity contribution in [3.63, 3.8) is 0 Å². The van der Waals surface area contributed by atoms with Gasteiger partial charge in [-0.2, -0.15) is 13.7 Å². The fourth-order valence-electron chi connectivity index (χ4n) is 2.10. The summed E-state index contributed by atoms with van der Waals surface area (Å²) in [6.45, 7) is 1.83. The number of sulfonamides is 1. The lowest BCUT2D eigenvalue weighted by Gasteiger charge is -2.11. The summed E-state index contributed by atoms with van der Waals surface area (Å²) in [5.41, 5.74) is 2.85. The third-order valence-electron chi connectivity index (χ3n) is 3.23. The minimum atomic E-state index is -3.80. The van der Waals surface area contributed by atoms with Crippen molar-refractivity contribution in [1.29, 1.82) is 0 Å². The Morgan fingerprint density at radius 1 is 1.21 bits per heavy atom. The van der Waals surface area contributed by atoms with Crippen molar-refractivity contribution in [2.24, 2.45) is 4.99 Å². The van der Waals surface area contributed by atoms with E-state index >= 15 is 0 Å². The molecule has 0 aliphatic rings. The molecule has 0 unspecified atom stereocenters. The van der Waals surface area contributed by atoms with Crippen molar-refractivity contribution in [3.8, 4) is 0 Å². The molecular formula is C14H9BrN4O3S2. The summed E-state index contributed by atoms with van der Waals surface area (Å²) in [6, 6.07) is 7.27. The van der Waals surface area contributed by atoms with Crippen molar-refractivity contribution in [2.45, 2.75) is 11.8 Å². The summed E-state index contributed by atoms with van der Waals surface area (Å²) in [6.07, 6.45) is 1.40. The van der Waals surface area contributed by atoms with Crippen molar-refractivity contribution < 1.29 is 13.2 Å². The van der Waals surface area contributed by atoms with Gasteiger partial charge < -0.3 is 0 Å². The van der Waals surface area contributed by atoms with Gasteiger partial charge in [0.05, 0.1) is 32.5 Å². The Hall–Kier alpha value is -2.13. The summed E-state index contributed by atoms with van der Waals surface area (Å²) < 4.78 is 36.5. The van der Waals surface area contributed by atoms with Crippen LogP contribution in [0.4, 0.5) is 11.4 Å². The number of nitrogens with zero attached hydrogens (tertiary/aromatic N) is 3. The average molecular weight is 425 g/mol. The van der Waals surface area contributed by atoms with E-state index in [0.29, 0.717) is 21.4 Å². The Morgan fingerprint density at radius 3 is 2.54 bits per heavy atom. The predicted octanol–water partition coefficient (Wildman–Crippen LogP) is 3.53. The summed E-state index contributed by atoms with van der Waals surface area (Å²) in [4.78, 5) is 13.7. The minimum Gasteiger partial charge on any atom is -0.278 e. The fraction of sp³-hybridized carbons (Fsp3) is 0.0714. The molecule has 0 saturated carbocycles. The van der Waals surface area contributed by atoms with Gasteiger partial charge in [-0.25, -0.2) is 13.2 Å². The van der Waals surface area contributed by atoms with Crippen LogP contribution in [0.5, 0.6) is 0 Å². The van der Waals surface area contributed by atoms with Crippen molar-refractivity contribution in [1.82, 2.24) is 8.75 Å². The van der Waals surface area contributed by atoms with E-state index in [2.05, 4.69) is 34.4 Å². The van der Waals surface area contributed by atoms with Crippen LogP contribution >= 0.6 is 27.7 Å². The highest BCUT2D eigenvalue weighted by Gasteiger charge is 2.19. The molecule has 3 aromatic rings. The largest absolute Gasteiger partial charge is 0.278 e. The molecule has 0 aliphatic heterocycles. The number of aryl methyl sites for hydroxylation is 1. The van der Waals surface area contributed by atoms with Crippen LogP contribution in [0.15, 0.2) is 44.7 Å². The van der Waals surface area contributed by atoms with Crippen LogP contribution in [-0.2, 0) is 14.8 Å². The number of aliphatic imine (C=N–C) groups is 1. The standard InChI is InChI=1S/C14H9BrN4O3S2/c1-8-6-11(12(15)14-13(8)17-23-18-14)19-24(21,22)10-4-2-9(3-5-10)16-7-20/h2-6,19H,1H3. The molecule has 7 nitrogen and oxygen atoms in total. The number of fused-ring (bicyclic) bond motifs is 1. The van der Waals surface area contributed by atoms with Crippen LogP contribution in [0.2, 0.25) is 0 Å². The predicted molar refractivity (Wildman–Crippen MR) is 94.9 cm³/mol. The Kier molecular flexibility index (Phi) is 4.46. The monoisotopic (exact) mass is 424 g/mol. The molecule has 24 heavy (non-hydrogen) atoms. The summed E-state index contributed by atoms with van der Waals surface area (Å²) in [5, 5.41) is 0. The molecule has 3 rings (SSSR count). The number of halogens is 1. The van der Waals surface area contributed by atoms with Gasteiger partial charge in [-0.1, -0.05) is 0 Å². The number of nitrogens with one attached hydrogen (secondary N) is 1. The lowest BCUT2D eigenvalue weighted by atomic mass is 10.2. The van der Waals surface area contributed by atoms with Crippen molar-refractivity contribution >= 4 is 66.2 Å². The normalized spacial score (nSPS) is 11.2. The van der Waals surface area contributed by atoms with Gasteiger partial charge in [0.25, 0.3) is 10.0 Å². The number of benzene rings is 2. The first-order valence-electron chi connectivity index (χ1n) is 6.54. The van der Waals surface area contributed by atoms with Crippen LogP contribution in [0, 0.1) is 6.92 Å². The van der Waals surface area contributed by atoms with E-state index in [-0.39, 0.29) is 4.90 Å². The second kappa shape index (κ2) is 6.40. The Bertz CT molecular complexity index is 1070. The topological polar surface area (TPSA) is 101 Å². The molecule has 0 atom stereocenters. The number of aromatic nitrogens is 2. The van der Waals surface area contributed by atoms with E-state index in [1.807, 2.05) is 6.92 Å². The molecule has 0 spiro atoms. The first kappa shape index (κ1) is 16.7. The van der Waals surface area contributed by atoms with Gasteiger partial charge in [-0.05, 0) is 58.7 Å². The molecule has 0 aliphatic carbocycles. The first-order valence-corrected chi connectivity index (χ1v) is 9.55. The number of hydrogen-bond donors (Lipinski definition) is 1. The SMILES string of the molecule is Cc1cc(NS(=O)(=O)c2ccc(N=C=O)cc2)c(Br)c2nsnc12. The van der Waals surface area contributed by atoms with Gasteiger partial charge in [0.1, 0.15) is 11.0 Å². The van der Waals surface area contributed by atoms with Gasteiger partial charge >= 0.3 is 0 Å². The Morgan fingerprint density at radius 2 is 1.88 bits per heavy atom. The van der Waals surface area contributed by atoms with Crippen LogP contribution in [0.3, 0.4) is 0 Å². The minimum absolute atomic E-state index is 0.0494. The lowest BCUT2D eigenvalue weighted by Crippen LogP contribution is -2.13. The van der Waals surface area contributed by atoms with Gasteiger partial charge in [0.15, 0.2) is 0 Å². The van der Waals surface area contributed by atoms with Crippen molar-refractivity contribution in [3.05, 3.63) is 40.4 Å². The van der Waals surface area contributed by atoms with Gasteiger partial charge in [0.2, 0.25) is 6.08 Å². The van der Waals surface area contributed by atoms with E-state index in [1.165, 1.54) is 30.3 Å². The smallest absolute Gasteiger partial charge is 0.261 e. The highest BCUT2D eigenvalue weighted by molar-refractivity contribution is 9.10. The van der Waals surface area contributed by atoms with Crippen LogP contribution in [0.1, 0.15) is 5.56 Å². The molecule has 1 heterocycles. The molecule has 122 valence electrons. The molecule has 2 aromatic carbocycles. The maximum absolute atomic E-state index is 12.5. The average Bonchev–Trinajstić information content (AvgIpc) is 3.03. The number of isocyanates is 1. The van der Waals surface area contributed by atoms with Gasteiger partial charge in [0, 0.05) is 0 Å². The number of hydrogen-bond acceptors (Lipinski definition) is 7. The maximum Gasteiger partial charge on any atom is 0.261 e. The maximum atomic E-state index is 12.5. The highest BCUT2D eigenvalue weighted by Crippen LogP contribution is 2.34. The van der Waals surface area contributed by atoms with Crippen LogP contribution < -0.4 is 4.72 Å². The van der Waals surface area contributed by atoms with E-state index in [4.69, 9.17) is 0 Å². The molecular weight excluding hydrogens is 416 g/mol. The number of rotatable bonds is 4. The van der Waals surface area contributed by atoms with E-state index < -0.39 is 10.0 Å². The number of carbonyl (C=O) groups excluding carboxylic acids is 1. The lowest BCUT2D eigenvalue weighted by molar-refractivity contribution is 0.565. The number of anilines is 1. The van der Waals surface area contributed by atoms with Gasteiger partial charge in [-0.3, -0.25) is 4.72 Å². The molecule has 1 aromatic heterocycles.